The van der Waals surface area contributed by atoms with Crippen molar-refractivity contribution in [1.82, 2.24) is 15.0 Å². The van der Waals surface area contributed by atoms with Crippen LogP contribution in [-0.2, 0) is 17.7 Å². The van der Waals surface area contributed by atoms with Crippen LogP contribution in [-0.4, -0.2) is 33.8 Å². The van der Waals surface area contributed by atoms with E-state index in [1.54, 1.807) is 11.8 Å². The molecule has 100 valence electrons. The molecule has 0 saturated heterocycles. The Morgan fingerprint density at radius 3 is 2.72 bits per heavy atom. The Hall–Kier alpha value is -1.45. The number of ether oxygens (including phenoxy) is 1. The van der Waals surface area contributed by atoms with E-state index in [1.807, 2.05) is 20.8 Å². The van der Waals surface area contributed by atoms with E-state index in [0.29, 0.717) is 12.2 Å². The molecule has 1 atom stereocenters. The number of aliphatic hydroxyl groups is 1. The topological polar surface area (TPSA) is 84.0 Å². The number of nitriles is 1. The molecule has 1 aromatic heterocycles. The Labute approximate surface area is 107 Å². The highest BCUT2D eigenvalue weighted by Crippen LogP contribution is 2.23. The minimum atomic E-state index is -0.292. The molecule has 6 nitrogen and oxygen atoms in total. The number of hydrogen-bond acceptors (Lipinski definition) is 5. The summed E-state index contributed by atoms with van der Waals surface area (Å²) in [4.78, 5) is 0. The van der Waals surface area contributed by atoms with Gasteiger partial charge in [0, 0.05) is 19.1 Å². The number of rotatable bonds is 6. The van der Waals surface area contributed by atoms with E-state index < -0.39 is 0 Å². The first-order valence-electron chi connectivity index (χ1n) is 5.88. The van der Waals surface area contributed by atoms with Crippen LogP contribution >= 0.6 is 0 Å². The van der Waals surface area contributed by atoms with Gasteiger partial charge in [0.05, 0.1) is 30.8 Å². The lowest BCUT2D eigenvalue weighted by atomic mass is 9.95. The smallest absolute Gasteiger partial charge is 0.103 e. The molecule has 0 fully saturated rings. The average molecular weight is 252 g/mol. The van der Waals surface area contributed by atoms with Gasteiger partial charge in [0.2, 0.25) is 0 Å². The molecule has 0 amide bonds. The van der Waals surface area contributed by atoms with Gasteiger partial charge in [-0.25, -0.2) is 4.68 Å². The molecule has 1 unspecified atom stereocenters. The monoisotopic (exact) mass is 252 g/mol. The van der Waals surface area contributed by atoms with Gasteiger partial charge in [-0.05, 0) is 6.92 Å². The largest absolute Gasteiger partial charge is 0.396 e. The fourth-order valence-electron chi connectivity index (χ4n) is 1.69. The van der Waals surface area contributed by atoms with Crippen molar-refractivity contribution in [3.63, 3.8) is 0 Å². The van der Waals surface area contributed by atoms with E-state index in [-0.39, 0.29) is 24.5 Å². The summed E-state index contributed by atoms with van der Waals surface area (Å²) in [6.45, 7) is 6.37. The molecule has 1 rings (SSSR count). The molecular weight excluding hydrogens is 232 g/mol. The van der Waals surface area contributed by atoms with Crippen molar-refractivity contribution in [3.8, 4) is 6.07 Å². The Morgan fingerprint density at radius 2 is 2.22 bits per heavy atom. The molecule has 0 saturated carbocycles. The van der Waals surface area contributed by atoms with Crippen LogP contribution in [0.3, 0.4) is 0 Å². The van der Waals surface area contributed by atoms with E-state index in [2.05, 4.69) is 16.4 Å². The van der Waals surface area contributed by atoms with Crippen molar-refractivity contribution in [2.24, 2.45) is 5.41 Å². The normalized spacial score (nSPS) is 13.3. The first-order valence-corrected chi connectivity index (χ1v) is 5.88. The van der Waals surface area contributed by atoms with Crippen LogP contribution in [0.1, 0.15) is 38.3 Å². The Bertz CT molecular complexity index is 434. The minimum Gasteiger partial charge on any atom is -0.396 e. The third kappa shape index (κ3) is 3.28. The van der Waals surface area contributed by atoms with E-state index in [4.69, 9.17) is 10.00 Å². The van der Waals surface area contributed by atoms with Gasteiger partial charge in [-0.2, -0.15) is 5.26 Å². The highest BCUT2D eigenvalue weighted by molar-refractivity contribution is 5.16. The molecule has 0 aliphatic heterocycles. The first kappa shape index (κ1) is 14.6. The van der Waals surface area contributed by atoms with Crippen LogP contribution in [0.4, 0.5) is 0 Å². The van der Waals surface area contributed by atoms with Crippen LogP contribution < -0.4 is 0 Å². The van der Waals surface area contributed by atoms with Crippen LogP contribution in [0.5, 0.6) is 0 Å². The molecule has 0 aliphatic carbocycles. The molecule has 1 heterocycles. The third-order valence-electron chi connectivity index (χ3n) is 2.84. The van der Waals surface area contributed by atoms with Gasteiger partial charge >= 0.3 is 0 Å². The Morgan fingerprint density at radius 1 is 1.56 bits per heavy atom. The summed E-state index contributed by atoms with van der Waals surface area (Å²) in [5.41, 5.74) is 1.15. The molecule has 6 heteroatoms. The third-order valence-corrected chi connectivity index (χ3v) is 2.84. The number of hydrogen-bond donors (Lipinski definition) is 1. The van der Waals surface area contributed by atoms with Crippen LogP contribution in [0.2, 0.25) is 0 Å². The Balaban J connectivity index is 3.09. The zero-order chi connectivity index (χ0) is 13.8. The summed E-state index contributed by atoms with van der Waals surface area (Å²) < 4.78 is 7.02. The molecule has 1 aromatic rings. The molecule has 18 heavy (non-hydrogen) atoms. The van der Waals surface area contributed by atoms with Crippen molar-refractivity contribution in [3.05, 3.63) is 11.4 Å². The van der Waals surface area contributed by atoms with Crippen molar-refractivity contribution < 1.29 is 9.84 Å². The molecule has 0 radical (unpaired) electrons. The van der Waals surface area contributed by atoms with E-state index in [9.17, 15) is 5.11 Å². The predicted molar refractivity (Wildman–Crippen MR) is 65.6 cm³/mol. The van der Waals surface area contributed by atoms with Crippen molar-refractivity contribution in [2.75, 3.05) is 13.7 Å². The van der Waals surface area contributed by atoms with E-state index in [1.165, 1.54) is 0 Å². The second-order valence-corrected chi connectivity index (χ2v) is 5.11. The summed E-state index contributed by atoms with van der Waals surface area (Å²) in [5, 5.41) is 26.2. The summed E-state index contributed by atoms with van der Waals surface area (Å²) in [5.74, 6) is 0. The van der Waals surface area contributed by atoms with Gasteiger partial charge in [0.15, 0.2) is 0 Å². The van der Waals surface area contributed by atoms with Crippen LogP contribution in [0, 0.1) is 16.7 Å². The number of aliphatic hydroxyl groups excluding tert-OH is 1. The predicted octanol–water partition coefficient (Wildman–Crippen LogP) is 1.07. The van der Waals surface area contributed by atoms with Crippen molar-refractivity contribution in [1.29, 1.82) is 5.26 Å². The van der Waals surface area contributed by atoms with Gasteiger partial charge < -0.3 is 9.84 Å². The fourth-order valence-corrected chi connectivity index (χ4v) is 1.69. The van der Waals surface area contributed by atoms with E-state index in [0.717, 1.165) is 5.69 Å². The second-order valence-electron chi connectivity index (χ2n) is 5.11. The fraction of sp³-hybridized carbons (Fsp3) is 0.750. The molecule has 0 aromatic carbocycles. The summed E-state index contributed by atoms with van der Waals surface area (Å²) >= 11 is 0. The second kappa shape index (κ2) is 5.94. The molecule has 1 N–H and O–H groups in total. The Kier molecular flexibility index (Phi) is 4.82. The van der Waals surface area contributed by atoms with Gasteiger partial charge in [-0.15, -0.1) is 5.10 Å². The highest BCUT2D eigenvalue weighted by Gasteiger charge is 2.24. The maximum Gasteiger partial charge on any atom is 0.103 e. The summed E-state index contributed by atoms with van der Waals surface area (Å²) in [7, 11) is 1.61. The summed E-state index contributed by atoms with van der Waals surface area (Å²) in [6.07, 6.45) is 0.0283. The maximum atomic E-state index is 9.31. The molecule has 0 aliphatic rings. The van der Waals surface area contributed by atoms with Gasteiger partial charge in [-0.1, -0.05) is 19.1 Å². The first-order chi connectivity index (χ1) is 8.45. The lowest BCUT2D eigenvalue weighted by Gasteiger charge is -2.23. The standard InChI is InChI=1S/C12H20N4O2/c1-9(18-4)11-10(5-6-13)14-15-16(11)7-12(2,3)8-17/h9,17H,5,7-8H2,1-4H3. The quantitative estimate of drug-likeness (QED) is 0.818. The minimum absolute atomic E-state index is 0.0568. The molecule has 0 spiro atoms. The van der Waals surface area contributed by atoms with E-state index >= 15 is 0 Å². The number of aromatic nitrogens is 3. The highest BCUT2D eigenvalue weighted by atomic mass is 16.5. The molecule has 0 bridgehead atoms. The van der Waals surface area contributed by atoms with Crippen LogP contribution in [0.15, 0.2) is 0 Å². The SMILES string of the molecule is COC(C)c1c(CC#N)nnn1CC(C)(C)CO. The lowest BCUT2D eigenvalue weighted by molar-refractivity contribution is 0.0990. The maximum absolute atomic E-state index is 9.31. The number of methoxy groups -OCH3 is 1. The zero-order valence-electron chi connectivity index (χ0n) is 11.3. The molecular formula is C12H20N4O2. The van der Waals surface area contributed by atoms with Crippen molar-refractivity contribution in [2.45, 2.75) is 39.8 Å². The number of nitrogens with zero attached hydrogens (tertiary/aromatic N) is 4. The van der Waals surface area contributed by atoms with Crippen LogP contribution in [0.25, 0.3) is 0 Å². The van der Waals surface area contributed by atoms with Crippen molar-refractivity contribution >= 4 is 0 Å². The summed E-state index contributed by atoms with van der Waals surface area (Å²) in [6, 6.07) is 2.07. The van der Waals surface area contributed by atoms with Gasteiger partial charge in [0.1, 0.15) is 5.69 Å². The zero-order valence-corrected chi connectivity index (χ0v) is 11.3. The van der Waals surface area contributed by atoms with Gasteiger partial charge in [0.25, 0.3) is 0 Å². The lowest BCUT2D eigenvalue weighted by Crippen LogP contribution is -2.26. The van der Waals surface area contributed by atoms with Gasteiger partial charge in [-0.3, -0.25) is 0 Å². The average Bonchev–Trinajstić information content (AvgIpc) is 2.71.